The number of carbonyl (C=O) groups excluding carboxylic acids is 2. The van der Waals surface area contributed by atoms with Crippen LogP contribution in [0, 0.1) is 5.82 Å². The molecule has 0 spiro atoms. The lowest BCUT2D eigenvalue weighted by molar-refractivity contribution is 0.0734. The van der Waals surface area contributed by atoms with Crippen LogP contribution in [0.1, 0.15) is 57.7 Å². The van der Waals surface area contributed by atoms with Crippen LogP contribution in [0.2, 0.25) is 0 Å². The number of nitrogens with one attached hydrogen (secondary N) is 1. The van der Waals surface area contributed by atoms with E-state index in [2.05, 4.69) is 4.98 Å². The second-order valence-electron chi connectivity index (χ2n) is 7.31. The minimum atomic E-state index is -0.440. The van der Waals surface area contributed by atoms with Gasteiger partial charge in [-0.25, -0.2) is 4.39 Å². The van der Waals surface area contributed by atoms with Crippen molar-refractivity contribution in [3.05, 3.63) is 68.9 Å². The molecule has 0 saturated carbocycles. The number of likely N-dealkylation sites (tertiary alicyclic amines) is 1. The lowest BCUT2D eigenvalue weighted by Gasteiger charge is -2.25. The number of fused-ring (bicyclic) bond motifs is 1. The van der Waals surface area contributed by atoms with Crippen molar-refractivity contribution in [1.82, 2.24) is 9.88 Å². The Morgan fingerprint density at radius 2 is 2.04 bits per heavy atom. The number of pyridine rings is 1. The molecular formula is C21H21FN2O3. The van der Waals surface area contributed by atoms with E-state index in [9.17, 15) is 18.8 Å². The number of Topliss-reactive ketones (excluding diaryl/α,β-unsaturated/α-hetero) is 1. The highest BCUT2D eigenvalue weighted by atomic mass is 19.1. The SMILES string of the molecule is O=C1CCCc2[nH]c(=O)c(C(=O)N3CCC[C@@H]3Cc3cccc(F)c3)cc21. The highest BCUT2D eigenvalue weighted by molar-refractivity contribution is 6.01. The van der Waals surface area contributed by atoms with E-state index in [1.807, 2.05) is 6.07 Å². The summed E-state index contributed by atoms with van der Waals surface area (Å²) in [5.41, 5.74) is 1.50. The van der Waals surface area contributed by atoms with Gasteiger partial charge >= 0.3 is 0 Å². The Kier molecular flexibility index (Phi) is 4.64. The van der Waals surface area contributed by atoms with Crippen LogP contribution in [-0.4, -0.2) is 34.2 Å². The molecule has 27 heavy (non-hydrogen) atoms. The minimum Gasteiger partial charge on any atom is -0.335 e. The fraction of sp³-hybridized carbons (Fsp3) is 0.381. The van der Waals surface area contributed by atoms with Crippen LogP contribution >= 0.6 is 0 Å². The van der Waals surface area contributed by atoms with Crippen molar-refractivity contribution in [2.75, 3.05) is 6.54 Å². The van der Waals surface area contributed by atoms with Gasteiger partial charge in [0.25, 0.3) is 11.5 Å². The van der Waals surface area contributed by atoms with Crippen LogP contribution in [0.15, 0.2) is 35.1 Å². The largest absolute Gasteiger partial charge is 0.335 e. The van der Waals surface area contributed by atoms with Crippen LogP contribution < -0.4 is 5.56 Å². The molecule has 0 radical (unpaired) electrons. The topological polar surface area (TPSA) is 70.2 Å². The lowest BCUT2D eigenvalue weighted by atomic mass is 9.93. The van der Waals surface area contributed by atoms with Crippen LogP contribution in [0.3, 0.4) is 0 Å². The quantitative estimate of drug-likeness (QED) is 0.906. The maximum Gasteiger partial charge on any atom is 0.261 e. The van der Waals surface area contributed by atoms with Crippen molar-refractivity contribution in [2.24, 2.45) is 0 Å². The number of amides is 1. The van der Waals surface area contributed by atoms with Gasteiger partial charge < -0.3 is 9.88 Å². The van der Waals surface area contributed by atoms with Crippen LogP contribution in [0.25, 0.3) is 0 Å². The minimum absolute atomic E-state index is 0.0233. The molecule has 2 aliphatic rings. The van der Waals surface area contributed by atoms with Gasteiger partial charge in [-0.3, -0.25) is 14.4 Å². The number of nitrogens with zero attached hydrogens (tertiary/aromatic N) is 1. The molecule has 1 amide bonds. The van der Waals surface area contributed by atoms with Crippen molar-refractivity contribution in [3.8, 4) is 0 Å². The second kappa shape index (κ2) is 7.10. The monoisotopic (exact) mass is 368 g/mol. The third-order valence-electron chi connectivity index (χ3n) is 5.48. The van der Waals surface area contributed by atoms with E-state index in [-0.39, 0.29) is 29.1 Å². The second-order valence-corrected chi connectivity index (χ2v) is 7.31. The Hall–Kier alpha value is -2.76. The Labute approximate surface area is 156 Å². The standard InChI is InChI=1S/C21H21FN2O3/c22-14-5-1-4-13(10-14)11-15-6-3-9-24(15)21(27)17-12-16-18(23-20(17)26)7-2-8-19(16)25/h1,4-5,10,12,15H,2-3,6-9,11H2,(H,23,26)/t15-/m1/s1. The van der Waals surface area contributed by atoms with Gasteiger partial charge in [0.2, 0.25) is 0 Å². The first-order valence-electron chi connectivity index (χ1n) is 9.38. The maximum atomic E-state index is 13.5. The fourth-order valence-electron chi connectivity index (χ4n) is 4.14. The van der Waals surface area contributed by atoms with Crippen LogP contribution in [0.5, 0.6) is 0 Å². The van der Waals surface area contributed by atoms with E-state index >= 15 is 0 Å². The van der Waals surface area contributed by atoms with E-state index < -0.39 is 5.56 Å². The van der Waals surface area contributed by atoms with Gasteiger partial charge in [0, 0.05) is 30.3 Å². The molecule has 1 aromatic carbocycles. The summed E-state index contributed by atoms with van der Waals surface area (Å²) in [6, 6.07) is 7.76. The van der Waals surface area contributed by atoms with E-state index in [4.69, 9.17) is 0 Å². The zero-order valence-corrected chi connectivity index (χ0v) is 15.0. The first-order valence-corrected chi connectivity index (χ1v) is 9.38. The number of aromatic nitrogens is 1. The summed E-state index contributed by atoms with van der Waals surface area (Å²) in [6.07, 6.45) is 4.01. The maximum absolute atomic E-state index is 13.5. The molecule has 5 nitrogen and oxygen atoms in total. The molecule has 1 aliphatic heterocycles. The number of benzene rings is 1. The summed E-state index contributed by atoms with van der Waals surface area (Å²) in [7, 11) is 0. The smallest absolute Gasteiger partial charge is 0.261 e. The Morgan fingerprint density at radius 3 is 2.85 bits per heavy atom. The molecular weight excluding hydrogens is 347 g/mol. The van der Waals surface area contributed by atoms with Gasteiger partial charge in [0.05, 0.1) is 0 Å². The van der Waals surface area contributed by atoms with E-state index in [1.54, 1.807) is 11.0 Å². The molecule has 1 aliphatic carbocycles. The molecule has 1 aromatic heterocycles. The van der Waals surface area contributed by atoms with Crippen molar-refractivity contribution < 1.29 is 14.0 Å². The Morgan fingerprint density at radius 1 is 1.19 bits per heavy atom. The van der Waals surface area contributed by atoms with Crippen LogP contribution in [-0.2, 0) is 12.8 Å². The highest BCUT2D eigenvalue weighted by Gasteiger charge is 2.32. The molecule has 140 valence electrons. The van der Waals surface area contributed by atoms with Crippen molar-refractivity contribution in [3.63, 3.8) is 0 Å². The van der Waals surface area contributed by atoms with Gasteiger partial charge in [0.15, 0.2) is 5.78 Å². The fourth-order valence-corrected chi connectivity index (χ4v) is 4.14. The number of halogens is 1. The average Bonchev–Trinajstić information content (AvgIpc) is 3.09. The zero-order chi connectivity index (χ0) is 19.0. The molecule has 2 aromatic rings. The van der Waals surface area contributed by atoms with Crippen molar-refractivity contribution >= 4 is 11.7 Å². The number of hydrogen-bond acceptors (Lipinski definition) is 3. The predicted octanol–water partition coefficient (Wildman–Crippen LogP) is 2.88. The van der Waals surface area contributed by atoms with Crippen molar-refractivity contribution in [2.45, 2.75) is 44.6 Å². The number of aryl methyl sites for hydroxylation is 1. The lowest BCUT2D eigenvalue weighted by Crippen LogP contribution is -2.40. The third-order valence-corrected chi connectivity index (χ3v) is 5.48. The van der Waals surface area contributed by atoms with Gasteiger partial charge in [-0.2, -0.15) is 0 Å². The molecule has 1 saturated heterocycles. The first kappa shape index (κ1) is 17.6. The summed E-state index contributed by atoms with van der Waals surface area (Å²) in [4.78, 5) is 42.1. The molecule has 2 heterocycles. The van der Waals surface area contributed by atoms with E-state index in [0.29, 0.717) is 37.1 Å². The zero-order valence-electron chi connectivity index (χ0n) is 15.0. The average molecular weight is 368 g/mol. The number of carbonyl (C=O) groups is 2. The Balaban J connectivity index is 1.61. The van der Waals surface area contributed by atoms with Crippen molar-refractivity contribution in [1.29, 1.82) is 0 Å². The predicted molar refractivity (Wildman–Crippen MR) is 98.5 cm³/mol. The summed E-state index contributed by atoms with van der Waals surface area (Å²) in [5.74, 6) is -0.677. The van der Waals surface area contributed by atoms with E-state index in [1.165, 1.54) is 18.2 Å². The normalized spacial score (nSPS) is 19.2. The number of rotatable bonds is 3. The first-order chi connectivity index (χ1) is 13.0. The van der Waals surface area contributed by atoms with E-state index in [0.717, 1.165) is 24.8 Å². The van der Waals surface area contributed by atoms with Gasteiger partial charge in [-0.15, -0.1) is 0 Å². The number of aromatic amines is 1. The van der Waals surface area contributed by atoms with Gasteiger partial charge in [-0.1, -0.05) is 12.1 Å². The van der Waals surface area contributed by atoms with Gasteiger partial charge in [0.1, 0.15) is 11.4 Å². The molecule has 4 rings (SSSR count). The third kappa shape index (κ3) is 3.44. The molecule has 1 fully saturated rings. The summed E-state index contributed by atoms with van der Waals surface area (Å²) < 4.78 is 13.5. The van der Waals surface area contributed by atoms with Gasteiger partial charge in [-0.05, 0) is 55.9 Å². The highest BCUT2D eigenvalue weighted by Crippen LogP contribution is 2.24. The number of H-pyrrole nitrogens is 1. The summed E-state index contributed by atoms with van der Waals surface area (Å²) in [6.45, 7) is 0.559. The Bertz CT molecular complexity index is 966. The summed E-state index contributed by atoms with van der Waals surface area (Å²) >= 11 is 0. The molecule has 6 heteroatoms. The number of ketones is 1. The molecule has 1 N–H and O–H groups in total. The molecule has 0 bridgehead atoms. The molecule has 1 atom stereocenters. The number of hydrogen-bond donors (Lipinski definition) is 1. The molecule has 0 unspecified atom stereocenters. The van der Waals surface area contributed by atoms with Crippen LogP contribution in [0.4, 0.5) is 4.39 Å². The summed E-state index contributed by atoms with van der Waals surface area (Å²) in [5, 5.41) is 0.